The van der Waals surface area contributed by atoms with Gasteiger partial charge in [-0.1, -0.05) is 12.1 Å². The monoisotopic (exact) mass is 205 g/mol. The molecule has 0 amide bonds. The number of Topliss-reactive ketones (excluding diaryl/α,β-unsaturated/α-hetero) is 1. The van der Waals surface area contributed by atoms with E-state index < -0.39 is 5.41 Å². The van der Waals surface area contributed by atoms with Gasteiger partial charge in [-0.2, -0.15) is 5.26 Å². The molecule has 0 radical (unpaired) electrons. The summed E-state index contributed by atoms with van der Waals surface area (Å²) in [6.45, 7) is 3.16. The maximum Gasteiger partial charge on any atom is 0.156 e. The number of benzene rings is 1. The summed E-state index contributed by atoms with van der Waals surface area (Å²) >= 11 is 0. The largest absolute Gasteiger partial charge is 0.298 e. The Morgan fingerprint density at radius 1 is 1.40 bits per heavy atom. The zero-order valence-corrected chi connectivity index (χ0v) is 8.75. The number of carbonyl (C=O) groups excluding carboxylic acids is 1. The molecule has 0 fully saturated rings. The summed E-state index contributed by atoms with van der Waals surface area (Å²) in [5, 5.41) is 8.76. The van der Waals surface area contributed by atoms with Gasteiger partial charge in [0.1, 0.15) is 11.2 Å². The second kappa shape index (κ2) is 4.22. The van der Waals surface area contributed by atoms with Gasteiger partial charge in [-0.15, -0.1) is 0 Å². The molecule has 0 saturated carbocycles. The lowest BCUT2D eigenvalue weighted by atomic mass is 9.86. The number of halogens is 1. The molecule has 0 heterocycles. The fourth-order valence-electron chi connectivity index (χ4n) is 1.07. The van der Waals surface area contributed by atoms with Gasteiger partial charge in [-0.25, -0.2) is 4.39 Å². The minimum Gasteiger partial charge on any atom is -0.298 e. The van der Waals surface area contributed by atoms with Gasteiger partial charge in [-0.3, -0.25) is 4.79 Å². The molecule has 0 aliphatic rings. The fourth-order valence-corrected chi connectivity index (χ4v) is 1.07. The number of nitriles is 1. The number of ketones is 1. The number of carbonyl (C=O) groups is 1. The predicted octanol–water partition coefficient (Wildman–Crippen LogP) is 2.49. The Labute approximate surface area is 88.3 Å². The highest BCUT2D eigenvalue weighted by molar-refractivity contribution is 5.88. The van der Waals surface area contributed by atoms with Crippen LogP contribution in [0.25, 0.3) is 0 Å². The van der Waals surface area contributed by atoms with E-state index in [2.05, 4.69) is 0 Å². The lowest BCUT2D eigenvalue weighted by Crippen LogP contribution is -2.23. The van der Waals surface area contributed by atoms with Crippen LogP contribution in [0.5, 0.6) is 0 Å². The maximum atomic E-state index is 12.6. The van der Waals surface area contributed by atoms with E-state index in [0.717, 1.165) is 5.56 Å². The molecule has 0 N–H and O–H groups in total. The molecule has 15 heavy (non-hydrogen) atoms. The zero-order valence-electron chi connectivity index (χ0n) is 8.75. The van der Waals surface area contributed by atoms with Crippen LogP contribution in [0.1, 0.15) is 19.4 Å². The van der Waals surface area contributed by atoms with Gasteiger partial charge in [0.2, 0.25) is 0 Å². The molecular formula is C12H12FNO. The molecule has 78 valence electrons. The van der Waals surface area contributed by atoms with Crippen molar-refractivity contribution in [2.45, 2.75) is 20.3 Å². The third kappa shape index (κ3) is 2.88. The first-order chi connectivity index (χ1) is 6.95. The number of rotatable bonds is 3. The van der Waals surface area contributed by atoms with Crippen molar-refractivity contribution in [2.75, 3.05) is 0 Å². The van der Waals surface area contributed by atoms with Crippen LogP contribution in [0.2, 0.25) is 0 Å². The van der Waals surface area contributed by atoms with Crippen LogP contribution in [0.3, 0.4) is 0 Å². The molecular weight excluding hydrogens is 193 g/mol. The fraction of sp³-hybridized carbons (Fsp3) is 0.333. The summed E-state index contributed by atoms with van der Waals surface area (Å²) in [5.41, 5.74) is -0.251. The standard InChI is InChI=1S/C12H12FNO/c1-12(2,8-14)11(15)7-9-3-5-10(13)6-4-9/h3-6H,7H2,1-2H3. The van der Waals surface area contributed by atoms with Crippen LogP contribution in [0.4, 0.5) is 4.39 Å². The topological polar surface area (TPSA) is 40.9 Å². The van der Waals surface area contributed by atoms with Gasteiger partial charge in [-0.05, 0) is 31.5 Å². The Balaban J connectivity index is 2.76. The van der Waals surface area contributed by atoms with E-state index in [4.69, 9.17) is 5.26 Å². The van der Waals surface area contributed by atoms with Crippen molar-refractivity contribution < 1.29 is 9.18 Å². The molecule has 0 unspecified atom stereocenters. The van der Waals surface area contributed by atoms with Crippen LogP contribution in [0, 0.1) is 22.6 Å². The zero-order chi connectivity index (χ0) is 11.5. The maximum absolute atomic E-state index is 12.6. The van der Waals surface area contributed by atoms with Crippen molar-refractivity contribution in [1.29, 1.82) is 5.26 Å². The van der Waals surface area contributed by atoms with Gasteiger partial charge < -0.3 is 0 Å². The third-order valence-corrected chi connectivity index (χ3v) is 2.25. The minimum absolute atomic E-state index is 0.156. The SMILES string of the molecule is CC(C)(C#N)C(=O)Cc1ccc(F)cc1. The summed E-state index contributed by atoms with van der Waals surface area (Å²) < 4.78 is 12.6. The first kappa shape index (κ1) is 11.4. The number of nitrogens with zero attached hydrogens (tertiary/aromatic N) is 1. The van der Waals surface area contributed by atoms with Crippen molar-refractivity contribution in [1.82, 2.24) is 0 Å². The van der Waals surface area contributed by atoms with E-state index in [1.807, 2.05) is 6.07 Å². The minimum atomic E-state index is -0.978. The van der Waals surface area contributed by atoms with E-state index in [1.54, 1.807) is 26.0 Å². The van der Waals surface area contributed by atoms with E-state index in [9.17, 15) is 9.18 Å². The smallest absolute Gasteiger partial charge is 0.156 e. The second-order valence-electron chi connectivity index (χ2n) is 3.96. The predicted molar refractivity (Wildman–Crippen MR) is 54.5 cm³/mol. The summed E-state index contributed by atoms with van der Waals surface area (Å²) in [6, 6.07) is 7.68. The Hall–Kier alpha value is -1.69. The van der Waals surface area contributed by atoms with Gasteiger partial charge in [0.15, 0.2) is 5.78 Å². The van der Waals surface area contributed by atoms with E-state index in [-0.39, 0.29) is 18.0 Å². The van der Waals surface area contributed by atoms with Gasteiger partial charge in [0.05, 0.1) is 6.07 Å². The molecule has 0 saturated heterocycles. The van der Waals surface area contributed by atoms with Crippen LogP contribution in [0.15, 0.2) is 24.3 Å². The Kier molecular flexibility index (Phi) is 3.21. The average Bonchev–Trinajstić information content (AvgIpc) is 2.21. The van der Waals surface area contributed by atoms with Crippen molar-refractivity contribution >= 4 is 5.78 Å². The molecule has 1 aromatic carbocycles. The lowest BCUT2D eigenvalue weighted by molar-refractivity contribution is -0.123. The van der Waals surface area contributed by atoms with E-state index in [1.165, 1.54) is 12.1 Å². The molecule has 0 bridgehead atoms. The Morgan fingerprint density at radius 3 is 2.40 bits per heavy atom. The normalized spacial score (nSPS) is 10.8. The molecule has 0 aromatic heterocycles. The lowest BCUT2D eigenvalue weighted by Gasteiger charge is -2.13. The molecule has 2 nitrogen and oxygen atoms in total. The van der Waals surface area contributed by atoms with Crippen molar-refractivity contribution in [2.24, 2.45) is 5.41 Å². The van der Waals surface area contributed by atoms with Gasteiger partial charge >= 0.3 is 0 Å². The van der Waals surface area contributed by atoms with Crippen LogP contribution in [-0.4, -0.2) is 5.78 Å². The third-order valence-electron chi connectivity index (χ3n) is 2.25. The van der Waals surface area contributed by atoms with Crippen LogP contribution >= 0.6 is 0 Å². The number of hydrogen-bond donors (Lipinski definition) is 0. The first-order valence-electron chi connectivity index (χ1n) is 4.65. The highest BCUT2D eigenvalue weighted by atomic mass is 19.1. The molecule has 1 rings (SSSR count). The molecule has 1 aromatic rings. The highest BCUT2D eigenvalue weighted by Crippen LogP contribution is 2.17. The van der Waals surface area contributed by atoms with Crippen LogP contribution in [-0.2, 0) is 11.2 Å². The van der Waals surface area contributed by atoms with Crippen molar-refractivity contribution in [3.63, 3.8) is 0 Å². The summed E-state index contributed by atoms with van der Waals surface area (Å²) in [6.07, 6.45) is 0.167. The molecule has 3 heteroatoms. The van der Waals surface area contributed by atoms with Crippen LogP contribution < -0.4 is 0 Å². The average molecular weight is 205 g/mol. The summed E-state index contributed by atoms with van der Waals surface area (Å²) in [4.78, 5) is 11.6. The van der Waals surface area contributed by atoms with Gasteiger partial charge in [0, 0.05) is 6.42 Å². The molecule has 0 aliphatic heterocycles. The summed E-state index contributed by atoms with van der Waals surface area (Å²) in [7, 11) is 0. The Morgan fingerprint density at radius 2 is 1.93 bits per heavy atom. The molecule has 0 atom stereocenters. The van der Waals surface area contributed by atoms with E-state index in [0.29, 0.717) is 0 Å². The van der Waals surface area contributed by atoms with E-state index >= 15 is 0 Å². The van der Waals surface area contributed by atoms with Crippen molar-refractivity contribution in [3.8, 4) is 6.07 Å². The highest BCUT2D eigenvalue weighted by Gasteiger charge is 2.26. The summed E-state index contributed by atoms with van der Waals surface area (Å²) in [5.74, 6) is -0.484. The van der Waals surface area contributed by atoms with Crippen molar-refractivity contribution in [3.05, 3.63) is 35.6 Å². The van der Waals surface area contributed by atoms with Gasteiger partial charge in [0.25, 0.3) is 0 Å². The molecule has 0 aliphatic carbocycles. The Bertz CT molecular complexity index is 401. The quantitative estimate of drug-likeness (QED) is 0.760. The second-order valence-corrected chi connectivity index (χ2v) is 3.96. The number of hydrogen-bond acceptors (Lipinski definition) is 2. The molecule has 0 spiro atoms. The first-order valence-corrected chi connectivity index (χ1v) is 4.65.